The number of rotatable bonds is 2. The molecule has 0 amide bonds. The summed E-state index contributed by atoms with van der Waals surface area (Å²) in [5.74, 6) is -0.252. The molecule has 2 rings (SSSR count). The summed E-state index contributed by atoms with van der Waals surface area (Å²) in [5, 5.41) is 9.48. The van der Waals surface area contributed by atoms with Crippen LogP contribution in [-0.4, -0.2) is 11.7 Å². The molecule has 1 aliphatic carbocycles. The molecule has 0 heterocycles. The predicted molar refractivity (Wildman–Crippen MR) is 52.4 cm³/mol. The Morgan fingerprint density at radius 3 is 2.93 bits per heavy atom. The summed E-state index contributed by atoms with van der Waals surface area (Å²) in [6, 6.07) is 3.55. The van der Waals surface area contributed by atoms with Gasteiger partial charge in [0, 0.05) is 12.1 Å². The maximum atomic E-state index is 13.8. The van der Waals surface area contributed by atoms with Crippen molar-refractivity contribution in [2.75, 3.05) is 6.54 Å². The van der Waals surface area contributed by atoms with Gasteiger partial charge in [0.15, 0.2) is 0 Å². The molecule has 0 bridgehead atoms. The van der Waals surface area contributed by atoms with Crippen LogP contribution in [0.4, 0.5) is 4.39 Å². The number of aliphatic hydroxyl groups is 1. The van der Waals surface area contributed by atoms with Gasteiger partial charge in [-0.05, 0) is 30.4 Å². The topological polar surface area (TPSA) is 46.2 Å². The number of fused-ring (bicyclic) bond motifs is 1. The van der Waals surface area contributed by atoms with E-state index < -0.39 is 6.10 Å². The normalized spacial score (nSPS) is 16.8. The molecular formula is C11H14FNO. The molecule has 3 N–H and O–H groups in total. The van der Waals surface area contributed by atoms with Crippen molar-refractivity contribution < 1.29 is 9.50 Å². The quantitative estimate of drug-likeness (QED) is 0.747. The molecule has 0 saturated heterocycles. The average Bonchev–Trinajstić information content (AvgIpc) is 2.66. The molecule has 0 aliphatic heterocycles. The van der Waals surface area contributed by atoms with Crippen LogP contribution in [0.2, 0.25) is 0 Å². The fourth-order valence-electron chi connectivity index (χ4n) is 2.02. The summed E-state index contributed by atoms with van der Waals surface area (Å²) >= 11 is 0. The Morgan fingerprint density at radius 2 is 2.21 bits per heavy atom. The van der Waals surface area contributed by atoms with Gasteiger partial charge in [-0.25, -0.2) is 4.39 Å². The van der Waals surface area contributed by atoms with Crippen LogP contribution < -0.4 is 5.73 Å². The van der Waals surface area contributed by atoms with Gasteiger partial charge in [0.1, 0.15) is 5.82 Å². The first-order valence-corrected chi connectivity index (χ1v) is 4.92. The Bertz CT molecular complexity index is 351. The van der Waals surface area contributed by atoms with Crippen LogP contribution in [0.25, 0.3) is 0 Å². The number of aryl methyl sites for hydroxylation is 1. The molecular weight excluding hydrogens is 181 g/mol. The van der Waals surface area contributed by atoms with E-state index in [1.807, 2.05) is 6.07 Å². The van der Waals surface area contributed by atoms with Gasteiger partial charge in [0.05, 0.1) is 6.10 Å². The second-order valence-electron chi connectivity index (χ2n) is 3.71. The molecule has 0 spiro atoms. The van der Waals surface area contributed by atoms with E-state index in [9.17, 15) is 9.50 Å². The lowest BCUT2D eigenvalue weighted by Crippen LogP contribution is -2.14. The summed E-state index contributed by atoms with van der Waals surface area (Å²) < 4.78 is 13.8. The standard InChI is InChI=1S/C11H14FNO/c12-11-8-3-1-2-7(8)4-5-9(11)10(14)6-13/h4-5,10,14H,1-3,6,13H2. The maximum absolute atomic E-state index is 13.8. The van der Waals surface area contributed by atoms with E-state index >= 15 is 0 Å². The molecule has 1 unspecified atom stereocenters. The van der Waals surface area contributed by atoms with Crippen molar-refractivity contribution in [2.24, 2.45) is 5.73 Å². The van der Waals surface area contributed by atoms with E-state index in [0.29, 0.717) is 5.56 Å². The minimum absolute atomic E-state index is 0.0652. The number of hydrogen-bond donors (Lipinski definition) is 2. The monoisotopic (exact) mass is 195 g/mol. The minimum Gasteiger partial charge on any atom is -0.387 e. The van der Waals surface area contributed by atoms with Crippen molar-refractivity contribution in [3.63, 3.8) is 0 Å². The average molecular weight is 195 g/mol. The molecule has 0 fully saturated rings. The van der Waals surface area contributed by atoms with E-state index in [4.69, 9.17) is 5.73 Å². The predicted octanol–water partition coefficient (Wildman–Crippen LogP) is 1.31. The zero-order chi connectivity index (χ0) is 10.1. The molecule has 1 aromatic rings. The Labute approximate surface area is 82.5 Å². The molecule has 76 valence electrons. The van der Waals surface area contributed by atoms with Crippen molar-refractivity contribution in [3.05, 3.63) is 34.6 Å². The molecule has 3 heteroatoms. The molecule has 0 radical (unpaired) electrons. The molecule has 2 nitrogen and oxygen atoms in total. The third-order valence-electron chi connectivity index (χ3n) is 2.83. The third-order valence-corrected chi connectivity index (χ3v) is 2.83. The van der Waals surface area contributed by atoms with Gasteiger partial charge >= 0.3 is 0 Å². The number of aliphatic hydroxyl groups excluding tert-OH is 1. The number of halogens is 1. The summed E-state index contributed by atoms with van der Waals surface area (Å²) in [5.41, 5.74) is 7.49. The van der Waals surface area contributed by atoms with Crippen molar-refractivity contribution in [1.82, 2.24) is 0 Å². The largest absolute Gasteiger partial charge is 0.387 e. The van der Waals surface area contributed by atoms with E-state index in [2.05, 4.69) is 0 Å². The Kier molecular flexibility index (Phi) is 2.52. The van der Waals surface area contributed by atoms with Gasteiger partial charge in [-0.15, -0.1) is 0 Å². The summed E-state index contributed by atoms with van der Waals surface area (Å²) in [4.78, 5) is 0. The highest BCUT2D eigenvalue weighted by Gasteiger charge is 2.20. The fraction of sp³-hybridized carbons (Fsp3) is 0.455. The first-order chi connectivity index (χ1) is 6.74. The lowest BCUT2D eigenvalue weighted by atomic mass is 10.0. The van der Waals surface area contributed by atoms with Gasteiger partial charge < -0.3 is 10.8 Å². The maximum Gasteiger partial charge on any atom is 0.132 e. The minimum atomic E-state index is -0.874. The highest BCUT2D eigenvalue weighted by molar-refractivity contribution is 5.37. The number of hydrogen-bond acceptors (Lipinski definition) is 2. The lowest BCUT2D eigenvalue weighted by molar-refractivity contribution is 0.181. The van der Waals surface area contributed by atoms with Gasteiger partial charge in [0.2, 0.25) is 0 Å². The van der Waals surface area contributed by atoms with Crippen molar-refractivity contribution in [2.45, 2.75) is 25.4 Å². The highest BCUT2D eigenvalue weighted by Crippen LogP contribution is 2.28. The van der Waals surface area contributed by atoms with Crippen molar-refractivity contribution in [3.8, 4) is 0 Å². The van der Waals surface area contributed by atoms with Gasteiger partial charge in [-0.3, -0.25) is 0 Å². The van der Waals surface area contributed by atoms with E-state index in [-0.39, 0.29) is 12.4 Å². The zero-order valence-electron chi connectivity index (χ0n) is 7.96. The van der Waals surface area contributed by atoms with Gasteiger partial charge in [-0.1, -0.05) is 12.1 Å². The molecule has 0 saturated carbocycles. The molecule has 14 heavy (non-hydrogen) atoms. The first kappa shape index (κ1) is 9.62. The zero-order valence-corrected chi connectivity index (χ0v) is 7.96. The van der Waals surface area contributed by atoms with Crippen LogP contribution in [0.15, 0.2) is 12.1 Å². The summed E-state index contributed by atoms with van der Waals surface area (Å²) in [6.45, 7) is 0.0652. The smallest absolute Gasteiger partial charge is 0.132 e. The van der Waals surface area contributed by atoms with E-state index in [1.165, 1.54) is 0 Å². The molecule has 1 aliphatic rings. The van der Waals surface area contributed by atoms with Crippen molar-refractivity contribution in [1.29, 1.82) is 0 Å². The van der Waals surface area contributed by atoms with Gasteiger partial charge in [-0.2, -0.15) is 0 Å². The van der Waals surface area contributed by atoms with Crippen LogP contribution in [0.1, 0.15) is 29.2 Å². The fourth-order valence-corrected chi connectivity index (χ4v) is 2.02. The SMILES string of the molecule is NCC(O)c1ccc2c(c1F)CCC2. The van der Waals surface area contributed by atoms with Gasteiger partial charge in [0.25, 0.3) is 0 Å². The summed E-state index contributed by atoms with van der Waals surface area (Å²) in [7, 11) is 0. The highest BCUT2D eigenvalue weighted by atomic mass is 19.1. The number of nitrogens with two attached hydrogens (primary N) is 1. The molecule has 1 aromatic carbocycles. The molecule has 0 aromatic heterocycles. The van der Waals surface area contributed by atoms with Crippen molar-refractivity contribution >= 4 is 0 Å². The number of benzene rings is 1. The Hall–Kier alpha value is -0.930. The molecule has 1 atom stereocenters. The van der Waals surface area contributed by atoms with Crippen LogP contribution >= 0.6 is 0 Å². The second kappa shape index (κ2) is 3.67. The van der Waals surface area contributed by atoms with E-state index in [0.717, 1.165) is 30.4 Å². The lowest BCUT2D eigenvalue weighted by Gasteiger charge is -2.12. The van der Waals surface area contributed by atoms with Crippen LogP contribution in [0, 0.1) is 5.82 Å². The van der Waals surface area contributed by atoms with E-state index in [1.54, 1.807) is 6.07 Å². The van der Waals surface area contributed by atoms with Crippen LogP contribution in [0.5, 0.6) is 0 Å². The van der Waals surface area contributed by atoms with Crippen LogP contribution in [0.3, 0.4) is 0 Å². The summed E-state index contributed by atoms with van der Waals surface area (Å²) in [6.07, 6.45) is 1.87. The second-order valence-corrected chi connectivity index (χ2v) is 3.71. The Balaban J connectivity index is 2.44. The van der Waals surface area contributed by atoms with Crippen LogP contribution in [-0.2, 0) is 12.8 Å². The first-order valence-electron chi connectivity index (χ1n) is 4.92. The third kappa shape index (κ3) is 1.42. The Morgan fingerprint density at radius 1 is 1.43 bits per heavy atom.